The monoisotopic (exact) mass is 533 g/mol. The maximum atomic E-state index is 12.8. The Morgan fingerprint density at radius 3 is 2.47 bits per heavy atom. The zero-order valence-electron chi connectivity index (χ0n) is 16.7. The van der Waals surface area contributed by atoms with Gasteiger partial charge in [0.1, 0.15) is 5.92 Å². The summed E-state index contributed by atoms with van der Waals surface area (Å²) in [5, 5.41) is 15.9. The summed E-state index contributed by atoms with van der Waals surface area (Å²) >= 11 is 10.3. The summed E-state index contributed by atoms with van der Waals surface area (Å²) in [5.74, 6) is -3.83. The largest absolute Gasteiger partial charge is 0.468 e. The van der Waals surface area contributed by atoms with Gasteiger partial charge in [0.05, 0.1) is 29.5 Å². The maximum absolute atomic E-state index is 12.8. The number of benzene rings is 2. The first-order chi connectivity index (χ1) is 15.3. The normalized spacial score (nSPS) is 17.9. The summed E-state index contributed by atoms with van der Waals surface area (Å²) in [6.45, 7) is 0. The molecule has 32 heavy (non-hydrogen) atoms. The third-order valence-corrected chi connectivity index (χ3v) is 6.49. The van der Waals surface area contributed by atoms with E-state index in [1.807, 2.05) is 0 Å². The van der Waals surface area contributed by atoms with E-state index in [1.165, 1.54) is 7.11 Å². The number of anilines is 1. The summed E-state index contributed by atoms with van der Waals surface area (Å²) in [6.07, 6.45) is 0. The van der Waals surface area contributed by atoms with Crippen LogP contribution in [0.25, 0.3) is 0 Å². The fraction of sp³-hybridized carbons (Fsp3) is 0.182. The van der Waals surface area contributed by atoms with Crippen LogP contribution in [0.4, 0.5) is 5.69 Å². The SMILES string of the molecule is COC(=O)[C@@H]1C(=O)NC(SCC(=O)Nc2ccc(Br)cc2)=C(C#N)[C@@H]1c1ccc(Cl)cc1. The van der Waals surface area contributed by atoms with Gasteiger partial charge in [-0.05, 0) is 42.0 Å². The van der Waals surface area contributed by atoms with Crippen molar-refractivity contribution in [1.82, 2.24) is 5.32 Å². The van der Waals surface area contributed by atoms with Gasteiger partial charge in [0.15, 0.2) is 0 Å². The molecule has 0 radical (unpaired) electrons. The standard InChI is InChI=1S/C22H17BrClN3O4S/c1-31-22(30)19-18(12-2-6-14(24)7-3-12)16(10-25)21(27-20(19)29)32-11-17(28)26-15-8-4-13(23)5-9-15/h2-9,18-19H,11H2,1H3,(H,26,28)(H,27,29)/t18-,19-/m0/s1. The second-order valence-corrected chi connectivity index (χ2v) is 9.06. The van der Waals surface area contributed by atoms with Gasteiger partial charge in [-0.3, -0.25) is 14.4 Å². The van der Waals surface area contributed by atoms with Crippen LogP contribution >= 0.6 is 39.3 Å². The van der Waals surface area contributed by atoms with E-state index >= 15 is 0 Å². The van der Waals surface area contributed by atoms with E-state index in [4.69, 9.17) is 16.3 Å². The number of methoxy groups -OCH3 is 1. The molecule has 2 atom stereocenters. The lowest BCUT2D eigenvalue weighted by Gasteiger charge is -2.30. The Morgan fingerprint density at radius 2 is 1.88 bits per heavy atom. The lowest BCUT2D eigenvalue weighted by atomic mass is 9.78. The second kappa shape index (κ2) is 10.7. The molecule has 0 unspecified atom stereocenters. The zero-order valence-corrected chi connectivity index (χ0v) is 19.9. The van der Waals surface area contributed by atoms with Crippen molar-refractivity contribution in [3.05, 3.63) is 74.2 Å². The van der Waals surface area contributed by atoms with E-state index in [-0.39, 0.29) is 22.3 Å². The van der Waals surface area contributed by atoms with Gasteiger partial charge >= 0.3 is 5.97 Å². The number of nitrogens with zero attached hydrogens (tertiary/aromatic N) is 1. The van der Waals surface area contributed by atoms with Crippen LogP contribution in [-0.2, 0) is 19.1 Å². The number of hydrogen-bond donors (Lipinski definition) is 2. The highest BCUT2D eigenvalue weighted by molar-refractivity contribution is 9.10. The van der Waals surface area contributed by atoms with E-state index in [2.05, 4.69) is 32.6 Å². The summed E-state index contributed by atoms with van der Waals surface area (Å²) < 4.78 is 5.69. The highest BCUT2D eigenvalue weighted by Gasteiger charge is 2.44. The van der Waals surface area contributed by atoms with Crippen LogP contribution in [0.2, 0.25) is 5.02 Å². The third-order valence-electron chi connectivity index (χ3n) is 4.69. The molecule has 0 spiro atoms. The second-order valence-electron chi connectivity index (χ2n) is 6.72. The first-order valence-electron chi connectivity index (χ1n) is 9.30. The fourth-order valence-electron chi connectivity index (χ4n) is 3.22. The quantitative estimate of drug-likeness (QED) is 0.425. The first kappa shape index (κ1) is 23.9. The summed E-state index contributed by atoms with van der Waals surface area (Å²) in [6, 6.07) is 15.7. The summed E-state index contributed by atoms with van der Waals surface area (Å²) in [7, 11) is 1.18. The molecule has 2 amide bonds. The first-order valence-corrected chi connectivity index (χ1v) is 11.5. The Hall–Kier alpha value is -2.80. The number of amides is 2. The predicted octanol–water partition coefficient (Wildman–Crippen LogP) is 4.21. The molecule has 1 aliphatic heterocycles. The minimum Gasteiger partial charge on any atom is -0.468 e. The van der Waals surface area contributed by atoms with Crippen molar-refractivity contribution in [2.45, 2.75) is 5.92 Å². The molecule has 0 bridgehead atoms. The average molecular weight is 535 g/mol. The molecule has 0 saturated carbocycles. The topological polar surface area (TPSA) is 108 Å². The number of carbonyl (C=O) groups excluding carboxylic acids is 3. The van der Waals surface area contributed by atoms with Gasteiger partial charge in [-0.15, -0.1) is 0 Å². The number of ether oxygens (including phenoxy) is 1. The molecule has 10 heteroatoms. The van der Waals surface area contributed by atoms with Crippen LogP contribution in [0.1, 0.15) is 11.5 Å². The molecule has 1 aliphatic rings. The van der Waals surface area contributed by atoms with E-state index in [9.17, 15) is 19.6 Å². The molecule has 0 fully saturated rings. The van der Waals surface area contributed by atoms with Crippen molar-refractivity contribution in [3.8, 4) is 6.07 Å². The average Bonchev–Trinajstić information content (AvgIpc) is 2.78. The van der Waals surface area contributed by atoms with Crippen LogP contribution in [0.5, 0.6) is 0 Å². The molecule has 1 heterocycles. The number of rotatable bonds is 6. The van der Waals surface area contributed by atoms with Crippen molar-refractivity contribution in [2.75, 3.05) is 18.2 Å². The Bertz CT molecular complexity index is 1110. The number of nitrogens with one attached hydrogen (secondary N) is 2. The summed E-state index contributed by atoms with van der Waals surface area (Å²) in [4.78, 5) is 37.5. The van der Waals surface area contributed by atoms with Crippen molar-refractivity contribution in [3.63, 3.8) is 0 Å². The van der Waals surface area contributed by atoms with Gasteiger partial charge in [-0.25, -0.2) is 0 Å². The lowest BCUT2D eigenvalue weighted by Crippen LogP contribution is -2.44. The number of thioether (sulfide) groups is 1. The van der Waals surface area contributed by atoms with Gasteiger partial charge in [0.25, 0.3) is 0 Å². The lowest BCUT2D eigenvalue weighted by molar-refractivity contribution is -0.150. The highest BCUT2D eigenvalue weighted by Crippen LogP contribution is 2.40. The van der Waals surface area contributed by atoms with Crippen LogP contribution < -0.4 is 10.6 Å². The van der Waals surface area contributed by atoms with E-state index in [1.54, 1.807) is 48.5 Å². The predicted molar refractivity (Wildman–Crippen MR) is 126 cm³/mol. The molecule has 2 aromatic carbocycles. The molecule has 3 rings (SSSR count). The van der Waals surface area contributed by atoms with Crippen LogP contribution in [0, 0.1) is 17.2 Å². The minimum atomic E-state index is -1.24. The molecular weight excluding hydrogens is 518 g/mol. The molecule has 2 N–H and O–H groups in total. The Kier molecular flexibility index (Phi) is 7.96. The number of esters is 1. The summed E-state index contributed by atoms with van der Waals surface area (Å²) in [5.41, 5.74) is 1.35. The van der Waals surface area contributed by atoms with Crippen molar-refractivity contribution in [2.24, 2.45) is 5.92 Å². The number of allylic oxidation sites excluding steroid dienone is 1. The number of nitriles is 1. The van der Waals surface area contributed by atoms with E-state index in [0.717, 1.165) is 16.2 Å². The van der Waals surface area contributed by atoms with Crippen molar-refractivity contribution < 1.29 is 19.1 Å². The maximum Gasteiger partial charge on any atom is 0.319 e. The van der Waals surface area contributed by atoms with Gasteiger partial charge in [0.2, 0.25) is 11.8 Å². The molecule has 2 aromatic rings. The third kappa shape index (κ3) is 5.51. The Balaban J connectivity index is 1.87. The van der Waals surface area contributed by atoms with Crippen molar-refractivity contribution >= 4 is 62.8 Å². The Labute approximate surface area is 202 Å². The van der Waals surface area contributed by atoms with E-state index in [0.29, 0.717) is 16.3 Å². The van der Waals surface area contributed by atoms with E-state index < -0.39 is 23.7 Å². The van der Waals surface area contributed by atoms with Gasteiger partial charge < -0.3 is 15.4 Å². The molecule has 0 saturated heterocycles. The van der Waals surface area contributed by atoms with Gasteiger partial charge in [0, 0.05) is 21.1 Å². The molecule has 7 nitrogen and oxygen atoms in total. The number of hydrogen-bond acceptors (Lipinski definition) is 6. The van der Waals surface area contributed by atoms with Crippen LogP contribution in [0.3, 0.4) is 0 Å². The number of halogens is 2. The fourth-order valence-corrected chi connectivity index (χ4v) is 4.46. The van der Waals surface area contributed by atoms with Crippen LogP contribution in [0.15, 0.2) is 63.6 Å². The van der Waals surface area contributed by atoms with Gasteiger partial charge in [-0.2, -0.15) is 5.26 Å². The number of carbonyl (C=O) groups is 3. The molecule has 0 aromatic heterocycles. The van der Waals surface area contributed by atoms with Crippen molar-refractivity contribution in [1.29, 1.82) is 5.26 Å². The Morgan fingerprint density at radius 1 is 1.22 bits per heavy atom. The zero-order chi connectivity index (χ0) is 23.3. The van der Waals surface area contributed by atoms with Crippen LogP contribution in [-0.4, -0.2) is 30.6 Å². The highest BCUT2D eigenvalue weighted by atomic mass is 79.9. The minimum absolute atomic E-state index is 0.0485. The molecule has 164 valence electrons. The van der Waals surface area contributed by atoms with Gasteiger partial charge in [-0.1, -0.05) is 51.4 Å². The molecule has 0 aliphatic carbocycles. The molecular formula is C22H17BrClN3O4S. The smallest absolute Gasteiger partial charge is 0.319 e.